The number of nitrogens with one attached hydrogen (secondary N) is 2. The molecule has 9 heteroatoms. The first kappa shape index (κ1) is 24.6. The second-order valence-electron chi connectivity index (χ2n) is 9.58. The minimum atomic E-state index is -0.397. The van der Waals surface area contributed by atoms with Crippen molar-refractivity contribution >= 4 is 50.8 Å². The number of Topliss-reactive ketones (excluding diaryl/α,β-unsaturated/α-hetero) is 1. The van der Waals surface area contributed by atoms with Crippen molar-refractivity contribution in [3.63, 3.8) is 0 Å². The summed E-state index contributed by atoms with van der Waals surface area (Å²) in [5, 5.41) is 7.70. The van der Waals surface area contributed by atoms with Gasteiger partial charge in [-0.3, -0.25) is 4.79 Å². The third kappa shape index (κ3) is 4.92. The summed E-state index contributed by atoms with van der Waals surface area (Å²) in [6.07, 6.45) is 2.04. The van der Waals surface area contributed by atoms with Gasteiger partial charge in [0.05, 0.1) is 18.7 Å². The number of hydrogen-bond acceptors (Lipinski definition) is 6. The van der Waals surface area contributed by atoms with Gasteiger partial charge in [0.2, 0.25) is 0 Å². The Labute approximate surface area is 225 Å². The van der Waals surface area contributed by atoms with E-state index in [0.717, 1.165) is 46.3 Å². The van der Waals surface area contributed by atoms with Gasteiger partial charge in [0.15, 0.2) is 11.6 Å². The lowest BCUT2D eigenvalue weighted by atomic mass is 10.1. The molecule has 2 amide bonds. The molecule has 0 atom stereocenters. The topological polar surface area (TPSA) is 101 Å². The SMILES string of the molecule is CC(=O)c1cccc(NC(=O)Nc2ccc(-c3nc(N4CCOCC4)c4ccc5c(ccn5C)c4n3)cc2)c1. The van der Waals surface area contributed by atoms with Crippen LogP contribution in [0, 0.1) is 0 Å². The maximum Gasteiger partial charge on any atom is 0.323 e. The Bertz CT molecular complexity index is 1700. The van der Waals surface area contributed by atoms with Crippen molar-refractivity contribution in [2.24, 2.45) is 7.05 Å². The maximum absolute atomic E-state index is 12.6. The minimum absolute atomic E-state index is 0.0599. The Hall–Kier alpha value is -4.76. The van der Waals surface area contributed by atoms with Gasteiger partial charge in [-0.05, 0) is 61.5 Å². The van der Waals surface area contributed by atoms with Crippen LogP contribution in [0.1, 0.15) is 17.3 Å². The lowest BCUT2D eigenvalue weighted by Gasteiger charge is -2.29. The predicted molar refractivity (Wildman–Crippen MR) is 154 cm³/mol. The molecule has 3 aromatic carbocycles. The molecule has 196 valence electrons. The Balaban J connectivity index is 1.30. The number of anilines is 3. The van der Waals surface area contributed by atoms with Crippen LogP contribution in [0.5, 0.6) is 0 Å². The summed E-state index contributed by atoms with van der Waals surface area (Å²) in [5.74, 6) is 1.46. The highest BCUT2D eigenvalue weighted by Gasteiger charge is 2.20. The van der Waals surface area contributed by atoms with Crippen LogP contribution in [0.25, 0.3) is 33.2 Å². The molecule has 3 heterocycles. The van der Waals surface area contributed by atoms with E-state index in [1.54, 1.807) is 24.3 Å². The molecule has 0 bridgehead atoms. The van der Waals surface area contributed by atoms with E-state index in [4.69, 9.17) is 14.7 Å². The first-order valence-electron chi connectivity index (χ1n) is 12.8. The van der Waals surface area contributed by atoms with Crippen molar-refractivity contribution in [2.45, 2.75) is 6.92 Å². The van der Waals surface area contributed by atoms with E-state index in [-0.39, 0.29) is 5.78 Å². The van der Waals surface area contributed by atoms with Crippen LogP contribution in [0.15, 0.2) is 72.9 Å². The number of aromatic nitrogens is 3. The number of nitrogens with zero attached hydrogens (tertiary/aromatic N) is 4. The fourth-order valence-corrected chi connectivity index (χ4v) is 4.89. The van der Waals surface area contributed by atoms with Crippen LogP contribution < -0.4 is 15.5 Å². The molecule has 6 rings (SSSR count). The molecule has 5 aromatic rings. The second kappa shape index (κ2) is 10.2. The van der Waals surface area contributed by atoms with Crippen molar-refractivity contribution in [3.8, 4) is 11.4 Å². The van der Waals surface area contributed by atoms with E-state index in [0.29, 0.717) is 36.0 Å². The quantitative estimate of drug-likeness (QED) is 0.298. The third-order valence-electron chi connectivity index (χ3n) is 6.95. The van der Waals surface area contributed by atoms with Crippen LogP contribution in [-0.2, 0) is 11.8 Å². The van der Waals surface area contributed by atoms with Gasteiger partial charge in [-0.25, -0.2) is 14.8 Å². The lowest BCUT2D eigenvalue weighted by Crippen LogP contribution is -2.37. The first-order valence-corrected chi connectivity index (χ1v) is 12.8. The van der Waals surface area contributed by atoms with E-state index >= 15 is 0 Å². The van der Waals surface area contributed by atoms with E-state index < -0.39 is 6.03 Å². The standard InChI is InChI=1S/C30H28N6O3/c1-19(37)21-4-3-5-23(18-21)32-30(38)31-22-8-6-20(7-9-22)28-33-27-24-12-13-35(2)26(24)11-10-25(27)29(34-28)36-14-16-39-17-15-36/h3-13,18H,14-17H2,1-2H3,(H2,31,32,38). The van der Waals surface area contributed by atoms with E-state index in [2.05, 4.69) is 38.3 Å². The third-order valence-corrected chi connectivity index (χ3v) is 6.95. The van der Waals surface area contributed by atoms with Crippen molar-refractivity contribution in [3.05, 3.63) is 78.5 Å². The molecule has 1 aliphatic heterocycles. The molecule has 0 saturated carbocycles. The number of ether oxygens (including phenoxy) is 1. The monoisotopic (exact) mass is 520 g/mol. The van der Waals surface area contributed by atoms with Gasteiger partial charge in [0.25, 0.3) is 0 Å². The highest BCUT2D eigenvalue weighted by molar-refractivity contribution is 6.08. The number of rotatable bonds is 5. The van der Waals surface area contributed by atoms with Crippen LogP contribution in [0.3, 0.4) is 0 Å². The molecule has 0 radical (unpaired) electrons. The van der Waals surface area contributed by atoms with E-state index in [1.807, 2.05) is 37.5 Å². The fraction of sp³-hybridized carbons (Fsp3) is 0.200. The minimum Gasteiger partial charge on any atom is -0.378 e. The molecule has 1 fully saturated rings. The van der Waals surface area contributed by atoms with Crippen LogP contribution in [0.4, 0.5) is 22.0 Å². The zero-order valence-corrected chi connectivity index (χ0v) is 21.8. The normalized spacial score (nSPS) is 13.5. The summed E-state index contributed by atoms with van der Waals surface area (Å²) in [6, 6.07) is 20.2. The molecule has 1 saturated heterocycles. The van der Waals surface area contributed by atoms with Crippen molar-refractivity contribution in [1.29, 1.82) is 0 Å². The number of amides is 2. The number of carbonyl (C=O) groups excluding carboxylic acids is 2. The Morgan fingerprint density at radius 1 is 0.872 bits per heavy atom. The van der Waals surface area contributed by atoms with Gasteiger partial charge in [0.1, 0.15) is 5.82 Å². The van der Waals surface area contributed by atoms with Crippen molar-refractivity contribution in [1.82, 2.24) is 14.5 Å². The Morgan fingerprint density at radius 3 is 2.41 bits per heavy atom. The number of benzene rings is 3. The molecule has 0 aliphatic carbocycles. The van der Waals surface area contributed by atoms with E-state index in [9.17, 15) is 9.59 Å². The van der Waals surface area contributed by atoms with Gasteiger partial charge in [-0.2, -0.15) is 0 Å². The summed E-state index contributed by atoms with van der Waals surface area (Å²) in [5.41, 5.74) is 4.58. The lowest BCUT2D eigenvalue weighted by molar-refractivity contribution is 0.101. The Kier molecular flexibility index (Phi) is 6.42. The van der Waals surface area contributed by atoms with Crippen LogP contribution in [0.2, 0.25) is 0 Å². The van der Waals surface area contributed by atoms with Crippen LogP contribution in [-0.4, -0.2) is 52.7 Å². The molecular formula is C30H28N6O3. The number of aryl methyl sites for hydroxylation is 1. The smallest absolute Gasteiger partial charge is 0.323 e. The molecule has 0 unspecified atom stereocenters. The Morgan fingerprint density at radius 2 is 1.64 bits per heavy atom. The summed E-state index contributed by atoms with van der Waals surface area (Å²) < 4.78 is 7.67. The zero-order chi connectivity index (χ0) is 26.9. The number of hydrogen-bond donors (Lipinski definition) is 2. The molecule has 2 aromatic heterocycles. The number of fused-ring (bicyclic) bond motifs is 3. The number of carbonyl (C=O) groups is 2. The molecular weight excluding hydrogens is 492 g/mol. The largest absolute Gasteiger partial charge is 0.378 e. The molecule has 2 N–H and O–H groups in total. The van der Waals surface area contributed by atoms with Gasteiger partial charge in [-0.15, -0.1) is 0 Å². The average Bonchev–Trinajstić information content (AvgIpc) is 3.34. The highest BCUT2D eigenvalue weighted by Crippen LogP contribution is 2.33. The maximum atomic E-state index is 12.6. The highest BCUT2D eigenvalue weighted by atomic mass is 16.5. The van der Waals surface area contributed by atoms with Crippen molar-refractivity contribution < 1.29 is 14.3 Å². The van der Waals surface area contributed by atoms with Gasteiger partial charge in [0, 0.05) is 65.1 Å². The fourth-order valence-electron chi connectivity index (χ4n) is 4.89. The van der Waals surface area contributed by atoms with Gasteiger partial charge >= 0.3 is 6.03 Å². The molecule has 9 nitrogen and oxygen atoms in total. The van der Waals surface area contributed by atoms with Crippen molar-refractivity contribution in [2.75, 3.05) is 41.8 Å². The summed E-state index contributed by atoms with van der Waals surface area (Å²) in [4.78, 5) is 36.4. The average molecular weight is 521 g/mol. The summed E-state index contributed by atoms with van der Waals surface area (Å²) in [6.45, 7) is 4.36. The second-order valence-corrected chi connectivity index (χ2v) is 9.58. The molecule has 39 heavy (non-hydrogen) atoms. The predicted octanol–water partition coefficient (Wildman–Crippen LogP) is 5.47. The summed E-state index contributed by atoms with van der Waals surface area (Å²) >= 11 is 0. The number of ketones is 1. The van der Waals surface area contributed by atoms with Gasteiger partial charge < -0.3 is 24.8 Å². The van der Waals surface area contributed by atoms with Gasteiger partial charge in [-0.1, -0.05) is 12.1 Å². The van der Waals surface area contributed by atoms with E-state index in [1.165, 1.54) is 6.92 Å². The number of morpholine rings is 1. The van der Waals surface area contributed by atoms with Crippen LogP contribution >= 0.6 is 0 Å². The zero-order valence-electron chi connectivity index (χ0n) is 21.8. The molecule has 0 spiro atoms. The number of urea groups is 1. The first-order chi connectivity index (χ1) is 19.0. The molecule has 1 aliphatic rings. The summed E-state index contributed by atoms with van der Waals surface area (Å²) in [7, 11) is 2.03.